The van der Waals surface area contributed by atoms with E-state index < -0.39 is 11.2 Å². The van der Waals surface area contributed by atoms with Crippen molar-refractivity contribution in [2.75, 3.05) is 20.2 Å². The fourth-order valence-corrected chi connectivity index (χ4v) is 3.87. The molecule has 2 heterocycles. The number of thiophene rings is 1. The molecule has 4 nitrogen and oxygen atoms in total. The molecule has 0 spiro atoms. The lowest BCUT2D eigenvalue weighted by atomic mass is 10.0. The molecular formula is C14H20BrNO3S. The number of carbonyl (C=O) groups is 1. The van der Waals surface area contributed by atoms with Crippen LogP contribution >= 0.6 is 27.3 Å². The van der Waals surface area contributed by atoms with Gasteiger partial charge in [0, 0.05) is 25.0 Å². The zero-order valence-electron chi connectivity index (χ0n) is 12.2. The van der Waals surface area contributed by atoms with E-state index in [-0.39, 0.29) is 6.09 Å². The second-order valence-corrected chi connectivity index (χ2v) is 8.42. The summed E-state index contributed by atoms with van der Waals surface area (Å²) >= 11 is 5.12. The zero-order chi connectivity index (χ0) is 15.0. The van der Waals surface area contributed by atoms with E-state index in [2.05, 4.69) is 22.0 Å². The lowest BCUT2D eigenvalue weighted by Gasteiger charge is -2.28. The Bertz CT molecular complexity index is 497. The topological polar surface area (TPSA) is 38.8 Å². The normalized spacial score (nSPS) is 23.1. The number of nitrogens with zero attached hydrogens (tertiary/aromatic N) is 1. The lowest BCUT2D eigenvalue weighted by molar-refractivity contribution is -0.0106. The van der Waals surface area contributed by atoms with E-state index in [0.717, 1.165) is 15.1 Å². The van der Waals surface area contributed by atoms with E-state index in [4.69, 9.17) is 9.47 Å². The quantitative estimate of drug-likeness (QED) is 0.799. The molecule has 0 saturated carbocycles. The molecule has 0 aromatic carbocycles. The van der Waals surface area contributed by atoms with Crippen molar-refractivity contribution in [1.82, 2.24) is 4.90 Å². The number of hydrogen-bond donors (Lipinski definition) is 0. The monoisotopic (exact) mass is 361 g/mol. The second-order valence-electron chi connectivity index (χ2n) is 5.95. The van der Waals surface area contributed by atoms with Crippen LogP contribution in [0.5, 0.6) is 0 Å². The van der Waals surface area contributed by atoms with Crippen LogP contribution in [0.1, 0.15) is 32.1 Å². The van der Waals surface area contributed by atoms with Crippen LogP contribution in [0, 0.1) is 0 Å². The first-order chi connectivity index (χ1) is 9.26. The summed E-state index contributed by atoms with van der Waals surface area (Å²) in [6, 6.07) is 4.06. The minimum Gasteiger partial charge on any atom is -0.444 e. The summed E-state index contributed by atoms with van der Waals surface area (Å²) in [6.07, 6.45) is 0.516. The van der Waals surface area contributed by atoms with Crippen molar-refractivity contribution < 1.29 is 14.3 Å². The van der Waals surface area contributed by atoms with Gasteiger partial charge in [0.2, 0.25) is 0 Å². The number of amides is 1. The Morgan fingerprint density at radius 3 is 2.65 bits per heavy atom. The van der Waals surface area contributed by atoms with Gasteiger partial charge < -0.3 is 14.4 Å². The van der Waals surface area contributed by atoms with Crippen molar-refractivity contribution >= 4 is 33.4 Å². The fourth-order valence-electron chi connectivity index (χ4n) is 2.29. The molecule has 2 rings (SSSR count). The summed E-state index contributed by atoms with van der Waals surface area (Å²) < 4.78 is 12.2. The molecule has 0 N–H and O–H groups in total. The van der Waals surface area contributed by atoms with Gasteiger partial charge in [-0.15, -0.1) is 11.3 Å². The van der Waals surface area contributed by atoms with Crippen LogP contribution in [0.3, 0.4) is 0 Å². The third-order valence-corrected chi connectivity index (χ3v) is 5.11. The smallest absolute Gasteiger partial charge is 0.410 e. The van der Waals surface area contributed by atoms with Crippen LogP contribution in [0.25, 0.3) is 0 Å². The Morgan fingerprint density at radius 1 is 1.45 bits per heavy atom. The minimum atomic E-state index is -0.471. The Hall–Kier alpha value is -0.590. The Balaban J connectivity index is 2.11. The third-order valence-electron chi connectivity index (χ3n) is 3.30. The van der Waals surface area contributed by atoms with Gasteiger partial charge in [0.15, 0.2) is 0 Å². The molecule has 112 valence electrons. The molecule has 1 fully saturated rings. The highest BCUT2D eigenvalue weighted by Crippen LogP contribution is 2.40. The van der Waals surface area contributed by atoms with E-state index in [9.17, 15) is 4.79 Å². The van der Waals surface area contributed by atoms with Gasteiger partial charge in [-0.05, 0) is 48.8 Å². The van der Waals surface area contributed by atoms with E-state index >= 15 is 0 Å². The summed E-state index contributed by atoms with van der Waals surface area (Å²) in [5, 5.41) is 0. The molecule has 1 saturated heterocycles. The van der Waals surface area contributed by atoms with E-state index in [1.54, 1.807) is 23.3 Å². The molecule has 0 aliphatic carbocycles. The van der Waals surface area contributed by atoms with Crippen LogP contribution in [0.2, 0.25) is 0 Å². The Morgan fingerprint density at radius 2 is 2.15 bits per heavy atom. The molecule has 1 unspecified atom stereocenters. The van der Waals surface area contributed by atoms with Gasteiger partial charge in [-0.2, -0.15) is 0 Å². The highest BCUT2D eigenvalue weighted by atomic mass is 79.9. The number of likely N-dealkylation sites (tertiary alicyclic amines) is 1. The molecule has 1 aliphatic rings. The van der Waals surface area contributed by atoms with Crippen molar-refractivity contribution in [3.63, 3.8) is 0 Å². The molecule has 1 aromatic heterocycles. The average molecular weight is 362 g/mol. The van der Waals surface area contributed by atoms with Crippen molar-refractivity contribution in [1.29, 1.82) is 0 Å². The lowest BCUT2D eigenvalue weighted by Crippen LogP contribution is -2.38. The SMILES string of the molecule is COC1(c2ccc(Br)s2)CCN(C(=O)OC(C)(C)C)C1. The van der Waals surface area contributed by atoms with Crippen LogP contribution in [-0.2, 0) is 15.1 Å². The van der Waals surface area contributed by atoms with Gasteiger partial charge >= 0.3 is 6.09 Å². The average Bonchev–Trinajstić information content (AvgIpc) is 2.93. The highest BCUT2D eigenvalue weighted by Gasteiger charge is 2.43. The van der Waals surface area contributed by atoms with Gasteiger partial charge in [-0.3, -0.25) is 0 Å². The maximum Gasteiger partial charge on any atom is 0.410 e. The van der Waals surface area contributed by atoms with Crippen molar-refractivity contribution in [2.24, 2.45) is 0 Å². The molecular weight excluding hydrogens is 342 g/mol. The maximum absolute atomic E-state index is 12.1. The summed E-state index contributed by atoms with van der Waals surface area (Å²) in [4.78, 5) is 15.0. The zero-order valence-corrected chi connectivity index (χ0v) is 14.6. The molecule has 1 atom stereocenters. The molecule has 1 aliphatic heterocycles. The highest BCUT2D eigenvalue weighted by molar-refractivity contribution is 9.11. The Labute approximate surface area is 132 Å². The number of rotatable bonds is 2. The van der Waals surface area contributed by atoms with Gasteiger partial charge in [-0.1, -0.05) is 0 Å². The third kappa shape index (κ3) is 3.35. The first-order valence-corrected chi connectivity index (χ1v) is 8.16. The second kappa shape index (κ2) is 5.66. The Kier molecular flexibility index (Phi) is 4.47. The van der Waals surface area contributed by atoms with Gasteiger partial charge in [0.05, 0.1) is 10.3 Å². The van der Waals surface area contributed by atoms with Gasteiger partial charge in [-0.25, -0.2) is 4.79 Å². The fraction of sp³-hybridized carbons (Fsp3) is 0.643. The molecule has 6 heteroatoms. The molecule has 0 radical (unpaired) electrons. The molecule has 20 heavy (non-hydrogen) atoms. The van der Waals surface area contributed by atoms with Crippen molar-refractivity contribution in [3.05, 3.63) is 20.8 Å². The first-order valence-electron chi connectivity index (χ1n) is 6.55. The number of ether oxygens (including phenoxy) is 2. The van der Waals surface area contributed by atoms with E-state index in [1.165, 1.54) is 0 Å². The van der Waals surface area contributed by atoms with Crippen LogP contribution < -0.4 is 0 Å². The number of carbonyl (C=O) groups excluding carboxylic acids is 1. The van der Waals surface area contributed by atoms with Crippen molar-refractivity contribution in [2.45, 2.75) is 38.4 Å². The van der Waals surface area contributed by atoms with Crippen LogP contribution in [0.4, 0.5) is 4.79 Å². The standard InChI is InChI=1S/C14H20BrNO3S/c1-13(2,3)19-12(17)16-8-7-14(9-16,18-4)10-5-6-11(15)20-10/h5-6H,7-9H2,1-4H3. The molecule has 0 bridgehead atoms. The van der Waals surface area contributed by atoms with E-state index in [1.807, 2.05) is 26.8 Å². The summed E-state index contributed by atoms with van der Waals surface area (Å²) in [5.74, 6) is 0. The predicted molar refractivity (Wildman–Crippen MR) is 83.1 cm³/mol. The summed E-state index contributed by atoms with van der Waals surface area (Å²) in [5.41, 5.74) is -0.880. The summed E-state index contributed by atoms with van der Waals surface area (Å²) in [6.45, 7) is 6.81. The maximum atomic E-state index is 12.1. The van der Waals surface area contributed by atoms with Gasteiger partial charge in [0.25, 0.3) is 0 Å². The predicted octanol–water partition coefficient (Wildman–Crippen LogP) is 3.99. The number of hydrogen-bond acceptors (Lipinski definition) is 4. The molecule has 1 aromatic rings. The largest absolute Gasteiger partial charge is 0.444 e. The van der Waals surface area contributed by atoms with Crippen LogP contribution in [0.15, 0.2) is 15.9 Å². The van der Waals surface area contributed by atoms with E-state index in [0.29, 0.717) is 13.1 Å². The van der Waals surface area contributed by atoms with Crippen LogP contribution in [-0.4, -0.2) is 36.8 Å². The molecule has 1 amide bonds. The van der Waals surface area contributed by atoms with Crippen molar-refractivity contribution in [3.8, 4) is 0 Å². The number of methoxy groups -OCH3 is 1. The minimum absolute atomic E-state index is 0.271. The summed E-state index contributed by atoms with van der Waals surface area (Å²) in [7, 11) is 1.70. The van der Waals surface area contributed by atoms with Gasteiger partial charge in [0.1, 0.15) is 11.2 Å². The first kappa shape index (κ1) is 15.8. The number of halogens is 1.